The molecule has 2 aliphatic heterocycles. The smallest absolute Gasteiger partial charge is 0.291 e. The highest BCUT2D eigenvalue weighted by molar-refractivity contribution is 6.17. The van der Waals surface area contributed by atoms with Gasteiger partial charge in [0, 0.05) is 12.1 Å². The summed E-state index contributed by atoms with van der Waals surface area (Å²) < 4.78 is 11.5. The summed E-state index contributed by atoms with van der Waals surface area (Å²) in [4.78, 5) is 47.0. The number of hydrogen-bond acceptors (Lipinski definition) is 5. The molecule has 2 aliphatic rings. The van der Waals surface area contributed by atoms with Crippen molar-refractivity contribution in [2.75, 3.05) is 18.6 Å². The molecule has 0 radical (unpaired) electrons. The lowest BCUT2D eigenvalue weighted by Gasteiger charge is -2.34. The predicted octanol–water partition coefficient (Wildman–Crippen LogP) is 5.91. The fourth-order valence-corrected chi connectivity index (χ4v) is 6.59. The van der Waals surface area contributed by atoms with Gasteiger partial charge in [-0.05, 0) is 61.7 Å². The first-order chi connectivity index (χ1) is 20.8. The van der Waals surface area contributed by atoms with Crippen LogP contribution < -0.4 is 15.1 Å². The van der Waals surface area contributed by atoms with Crippen LogP contribution in [0.25, 0.3) is 11.0 Å². The number of benzene rings is 4. The largest absolute Gasteiger partial charge is 0.497 e. The number of carbonyl (C=O) groups is 2. The number of fused-ring (bicyclic) bond motifs is 5. The quantitative estimate of drug-likeness (QED) is 0.254. The van der Waals surface area contributed by atoms with Crippen LogP contribution in [0, 0.1) is 13.8 Å². The van der Waals surface area contributed by atoms with Crippen LogP contribution in [0.5, 0.6) is 5.75 Å². The van der Waals surface area contributed by atoms with Crippen LogP contribution in [0.3, 0.4) is 0 Å². The Morgan fingerprint density at radius 2 is 1.58 bits per heavy atom. The number of ether oxygens (including phenoxy) is 1. The molecule has 2 amide bonds. The molecule has 1 atom stereocenters. The molecule has 1 spiro atoms. The Balaban J connectivity index is 1.44. The average molecular weight is 571 g/mol. The third-order valence-corrected chi connectivity index (χ3v) is 8.60. The van der Waals surface area contributed by atoms with Crippen LogP contribution in [0.15, 0.2) is 100 Å². The monoisotopic (exact) mass is 570 g/mol. The first kappa shape index (κ1) is 26.7. The number of methoxy groups -OCH3 is 1. The van der Waals surface area contributed by atoms with Crippen LogP contribution >= 0.6 is 0 Å². The summed E-state index contributed by atoms with van der Waals surface area (Å²) in [7, 11) is 1.61. The first-order valence-corrected chi connectivity index (χ1v) is 14.3. The number of nitrogens with zero attached hydrogens (tertiary/aromatic N) is 2. The zero-order valence-electron chi connectivity index (χ0n) is 24.2. The van der Waals surface area contributed by atoms with Gasteiger partial charge in [-0.25, -0.2) is 0 Å². The number of anilines is 1. The Morgan fingerprint density at radius 1 is 0.814 bits per heavy atom. The summed E-state index contributed by atoms with van der Waals surface area (Å²) in [5, 5.41) is 0.352. The standard InChI is InChI=1S/C36H30N2O5/c1-22-7-6-8-25(19-22)21-37-29-10-5-4-9-28(29)36(35(37)41)31-32(39)27-20-23(2)11-16-30(27)43-33(31)34(40)38(36)18-17-24-12-14-26(42-3)15-13-24/h4-16,19-20H,17-18,21H2,1-3H3. The van der Waals surface area contributed by atoms with E-state index in [1.54, 1.807) is 29.0 Å². The normalized spacial score (nSPS) is 17.2. The Morgan fingerprint density at radius 3 is 2.35 bits per heavy atom. The summed E-state index contributed by atoms with van der Waals surface area (Å²) in [6, 6.07) is 28.4. The topological polar surface area (TPSA) is 80.1 Å². The second kappa shape index (κ2) is 9.98. The molecule has 0 saturated carbocycles. The van der Waals surface area contributed by atoms with Crippen LogP contribution in [-0.2, 0) is 23.3 Å². The van der Waals surface area contributed by atoms with E-state index in [4.69, 9.17) is 9.15 Å². The van der Waals surface area contributed by atoms with Gasteiger partial charge in [0.1, 0.15) is 11.3 Å². The molecular weight excluding hydrogens is 540 g/mol. The lowest BCUT2D eigenvalue weighted by Crippen LogP contribution is -2.53. The number of para-hydroxylation sites is 1. The third kappa shape index (κ3) is 3.99. The third-order valence-electron chi connectivity index (χ3n) is 8.60. The molecule has 1 unspecified atom stereocenters. The zero-order valence-corrected chi connectivity index (χ0v) is 24.2. The maximum absolute atomic E-state index is 15.0. The molecule has 7 rings (SSSR count). The van der Waals surface area contributed by atoms with Gasteiger partial charge in [0.15, 0.2) is 11.0 Å². The zero-order chi connectivity index (χ0) is 29.9. The fourth-order valence-electron chi connectivity index (χ4n) is 6.59. The Hall–Kier alpha value is -5.17. The second-order valence-corrected chi connectivity index (χ2v) is 11.3. The van der Waals surface area contributed by atoms with E-state index in [0.717, 1.165) is 28.0 Å². The van der Waals surface area contributed by atoms with Crippen molar-refractivity contribution in [2.45, 2.75) is 32.4 Å². The van der Waals surface area contributed by atoms with Crippen molar-refractivity contribution in [3.63, 3.8) is 0 Å². The van der Waals surface area contributed by atoms with Crippen LogP contribution in [0.4, 0.5) is 5.69 Å². The number of carbonyl (C=O) groups excluding carboxylic acids is 2. The van der Waals surface area contributed by atoms with E-state index in [0.29, 0.717) is 35.2 Å². The second-order valence-electron chi connectivity index (χ2n) is 11.3. The van der Waals surface area contributed by atoms with Crippen molar-refractivity contribution in [3.05, 3.63) is 140 Å². The van der Waals surface area contributed by atoms with Crippen molar-refractivity contribution in [1.82, 2.24) is 4.90 Å². The van der Waals surface area contributed by atoms with E-state index in [1.165, 1.54) is 0 Å². The lowest BCUT2D eigenvalue weighted by atomic mass is 9.83. The van der Waals surface area contributed by atoms with Crippen LogP contribution in [0.1, 0.15) is 43.9 Å². The highest BCUT2D eigenvalue weighted by Crippen LogP contribution is 2.53. The number of rotatable bonds is 6. The molecule has 0 bridgehead atoms. The number of amides is 2. The van der Waals surface area contributed by atoms with Crippen molar-refractivity contribution in [3.8, 4) is 5.75 Å². The number of hydrogen-bond donors (Lipinski definition) is 0. The van der Waals surface area contributed by atoms with Gasteiger partial charge in [0.2, 0.25) is 5.76 Å². The fraction of sp³-hybridized carbons (Fsp3) is 0.194. The summed E-state index contributed by atoms with van der Waals surface area (Å²) in [5.74, 6) is -0.148. The molecule has 5 aromatic rings. The Kier molecular flexibility index (Phi) is 6.20. The molecule has 7 nitrogen and oxygen atoms in total. The van der Waals surface area contributed by atoms with Gasteiger partial charge >= 0.3 is 0 Å². The van der Waals surface area contributed by atoms with Gasteiger partial charge < -0.3 is 19.0 Å². The van der Waals surface area contributed by atoms with Crippen molar-refractivity contribution < 1.29 is 18.7 Å². The number of aryl methyl sites for hydroxylation is 2. The lowest BCUT2D eigenvalue weighted by molar-refractivity contribution is -0.126. The molecule has 7 heteroatoms. The Bertz CT molecular complexity index is 1990. The molecule has 1 aromatic heterocycles. The maximum atomic E-state index is 15.0. The minimum absolute atomic E-state index is 0.0726. The molecule has 4 aromatic carbocycles. The van der Waals surface area contributed by atoms with E-state index in [9.17, 15) is 14.4 Å². The van der Waals surface area contributed by atoms with Gasteiger partial charge in [-0.1, -0.05) is 71.8 Å². The van der Waals surface area contributed by atoms with E-state index in [1.807, 2.05) is 92.7 Å². The Labute approximate surface area is 248 Å². The maximum Gasteiger partial charge on any atom is 0.291 e. The SMILES string of the molecule is COc1ccc(CCN2C(=O)c3oc4ccc(C)cc4c(=O)c3C23C(=O)N(Cc2cccc(C)c2)c2ccccc23)cc1. The molecule has 214 valence electrons. The first-order valence-electron chi connectivity index (χ1n) is 14.3. The van der Waals surface area contributed by atoms with Crippen LogP contribution in [-0.4, -0.2) is 30.4 Å². The van der Waals surface area contributed by atoms with Crippen molar-refractivity contribution in [1.29, 1.82) is 0 Å². The predicted molar refractivity (Wildman–Crippen MR) is 165 cm³/mol. The van der Waals surface area contributed by atoms with Crippen molar-refractivity contribution >= 4 is 28.5 Å². The molecule has 3 heterocycles. The molecule has 43 heavy (non-hydrogen) atoms. The van der Waals surface area contributed by atoms with Crippen LogP contribution in [0.2, 0.25) is 0 Å². The average Bonchev–Trinajstić information content (AvgIpc) is 3.40. The minimum Gasteiger partial charge on any atom is -0.497 e. The van der Waals surface area contributed by atoms with E-state index >= 15 is 0 Å². The van der Waals surface area contributed by atoms with Crippen molar-refractivity contribution in [2.24, 2.45) is 0 Å². The molecule has 0 saturated heterocycles. The molecular formula is C36H30N2O5. The highest BCUT2D eigenvalue weighted by Gasteiger charge is 2.64. The van der Waals surface area contributed by atoms with E-state index in [2.05, 4.69) is 0 Å². The van der Waals surface area contributed by atoms with Gasteiger partial charge in [-0.2, -0.15) is 0 Å². The van der Waals surface area contributed by atoms with Gasteiger partial charge in [-0.3, -0.25) is 14.4 Å². The minimum atomic E-state index is -1.65. The van der Waals surface area contributed by atoms with Gasteiger partial charge in [-0.15, -0.1) is 0 Å². The molecule has 0 fully saturated rings. The molecule has 0 aliphatic carbocycles. The van der Waals surface area contributed by atoms with E-state index in [-0.39, 0.29) is 29.2 Å². The van der Waals surface area contributed by atoms with Gasteiger partial charge in [0.05, 0.1) is 30.3 Å². The van der Waals surface area contributed by atoms with E-state index < -0.39 is 11.4 Å². The highest BCUT2D eigenvalue weighted by atomic mass is 16.5. The van der Waals surface area contributed by atoms with Gasteiger partial charge in [0.25, 0.3) is 11.8 Å². The summed E-state index contributed by atoms with van der Waals surface area (Å²) in [6.07, 6.45) is 0.464. The molecule has 0 N–H and O–H groups in total. The summed E-state index contributed by atoms with van der Waals surface area (Å²) >= 11 is 0. The summed E-state index contributed by atoms with van der Waals surface area (Å²) in [6.45, 7) is 4.40. The summed E-state index contributed by atoms with van der Waals surface area (Å²) in [5.41, 5.74) is 3.57.